The lowest BCUT2D eigenvalue weighted by atomic mass is 10.2. The summed E-state index contributed by atoms with van der Waals surface area (Å²) in [4.78, 5) is 25.1. The lowest BCUT2D eigenvalue weighted by Crippen LogP contribution is -2.27. The molecule has 2 N–H and O–H groups in total. The molecule has 0 spiro atoms. The van der Waals surface area contributed by atoms with E-state index >= 15 is 0 Å². The Bertz CT molecular complexity index is 1090. The van der Waals surface area contributed by atoms with E-state index in [0.29, 0.717) is 6.42 Å². The van der Waals surface area contributed by atoms with Crippen LogP contribution < -0.4 is 10.6 Å². The van der Waals surface area contributed by atoms with Crippen molar-refractivity contribution in [3.05, 3.63) is 77.1 Å². The molecule has 1 aromatic heterocycles. The first-order valence-electron chi connectivity index (χ1n) is 9.48. The van der Waals surface area contributed by atoms with Crippen LogP contribution in [-0.4, -0.2) is 21.6 Å². The van der Waals surface area contributed by atoms with Crippen LogP contribution in [0.25, 0.3) is 0 Å². The van der Waals surface area contributed by atoms with E-state index < -0.39 is 29.5 Å². The molecule has 30 heavy (non-hydrogen) atoms. The van der Waals surface area contributed by atoms with Gasteiger partial charge in [0.1, 0.15) is 17.7 Å². The normalized spacial score (nSPS) is 11.8. The van der Waals surface area contributed by atoms with Crippen molar-refractivity contribution in [2.45, 2.75) is 33.2 Å². The second-order valence-corrected chi connectivity index (χ2v) is 7.02. The Morgan fingerprint density at radius 3 is 2.10 bits per heavy atom. The van der Waals surface area contributed by atoms with Gasteiger partial charge in [-0.2, -0.15) is 5.10 Å². The molecule has 0 bridgehead atoms. The van der Waals surface area contributed by atoms with Gasteiger partial charge in [-0.3, -0.25) is 14.3 Å². The van der Waals surface area contributed by atoms with E-state index in [1.165, 1.54) is 41.2 Å². The molecule has 2 aromatic carbocycles. The van der Waals surface area contributed by atoms with Crippen LogP contribution in [0, 0.1) is 25.5 Å². The fraction of sp³-hybridized carbons (Fsp3) is 0.227. The van der Waals surface area contributed by atoms with Crippen molar-refractivity contribution in [1.82, 2.24) is 9.78 Å². The molecule has 0 unspecified atom stereocenters. The summed E-state index contributed by atoms with van der Waals surface area (Å²) >= 11 is 0. The molecule has 0 saturated carbocycles. The molecular formula is C22H22F2N4O2. The highest BCUT2D eigenvalue weighted by Crippen LogP contribution is 2.20. The number of anilines is 2. The zero-order valence-corrected chi connectivity index (χ0v) is 16.9. The number of amides is 2. The molecular weight excluding hydrogens is 390 g/mol. The van der Waals surface area contributed by atoms with Gasteiger partial charge in [0, 0.05) is 6.20 Å². The standard InChI is InChI=1S/C22H22F2N4O2/c1-4-20(22(30)26-19-12-14(3)6-8-16(19)24)28-10-9-17(27-28)21(29)25-18-11-13(2)5-7-15(18)23/h5-12,20H,4H2,1-3H3,(H,25,29)(H,26,30)/t20-/m1/s1. The first kappa shape index (κ1) is 21.2. The largest absolute Gasteiger partial charge is 0.322 e. The average Bonchev–Trinajstić information content (AvgIpc) is 3.18. The van der Waals surface area contributed by atoms with Gasteiger partial charge in [0.05, 0.1) is 11.4 Å². The molecule has 0 fully saturated rings. The maximum atomic E-state index is 14.0. The van der Waals surface area contributed by atoms with E-state index in [2.05, 4.69) is 15.7 Å². The summed E-state index contributed by atoms with van der Waals surface area (Å²) in [6.07, 6.45) is 1.86. The zero-order chi connectivity index (χ0) is 21.8. The summed E-state index contributed by atoms with van der Waals surface area (Å²) in [6.45, 7) is 5.35. The number of hydrogen-bond acceptors (Lipinski definition) is 3. The highest BCUT2D eigenvalue weighted by Gasteiger charge is 2.22. The smallest absolute Gasteiger partial charge is 0.276 e. The number of aromatic nitrogens is 2. The van der Waals surface area contributed by atoms with Crippen LogP contribution in [-0.2, 0) is 4.79 Å². The number of nitrogens with one attached hydrogen (secondary N) is 2. The second kappa shape index (κ2) is 8.86. The second-order valence-electron chi connectivity index (χ2n) is 7.02. The van der Waals surface area contributed by atoms with Gasteiger partial charge < -0.3 is 10.6 Å². The summed E-state index contributed by atoms with van der Waals surface area (Å²) in [7, 11) is 0. The summed E-state index contributed by atoms with van der Waals surface area (Å²) in [6, 6.07) is 9.51. The predicted molar refractivity (Wildman–Crippen MR) is 110 cm³/mol. The van der Waals surface area contributed by atoms with E-state index in [1.807, 2.05) is 0 Å². The molecule has 1 heterocycles. The van der Waals surface area contributed by atoms with Crippen molar-refractivity contribution in [3.8, 4) is 0 Å². The Kier molecular flexibility index (Phi) is 6.25. The van der Waals surface area contributed by atoms with Gasteiger partial charge in [-0.15, -0.1) is 0 Å². The van der Waals surface area contributed by atoms with Gasteiger partial charge in [0.25, 0.3) is 5.91 Å². The molecule has 0 aliphatic heterocycles. The third-order valence-corrected chi connectivity index (χ3v) is 4.60. The monoisotopic (exact) mass is 412 g/mol. The Hall–Kier alpha value is -3.55. The Morgan fingerprint density at radius 1 is 0.967 bits per heavy atom. The maximum Gasteiger partial charge on any atom is 0.276 e. The van der Waals surface area contributed by atoms with E-state index in [-0.39, 0.29) is 17.1 Å². The number of carbonyl (C=O) groups is 2. The number of halogens is 2. The minimum Gasteiger partial charge on any atom is -0.322 e. The maximum absolute atomic E-state index is 14.0. The molecule has 3 rings (SSSR count). The van der Waals surface area contributed by atoms with Gasteiger partial charge in [-0.25, -0.2) is 8.78 Å². The molecule has 2 amide bonds. The van der Waals surface area contributed by atoms with Gasteiger partial charge in [0.2, 0.25) is 5.91 Å². The minimum atomic E-state index is -0.748. The molecule has 0 saturated heterocycles. The van der Waals surface area contributed by atoms with Crippen LogP contribution in [0.4, 0.5) is 20.2 Å². The van der Waals surface area contributed by atoms with E-state index in [9.17, 15) is 18.4 Å². The SMILES string of the molecule is CC[C@H](C(=O)Nc1cc(C)ccc1F)n1ccc(C(=O)Nc2cc(C)ccc2F)n1. The molecule has 0 aliphatic rings. The van der Waals surface area contributed by atoms with Crippen LogP contribution in [0.1, 0.15) is 41.0 Å². The van der Waals surface area contributed by atoms with Gasteiger partial charge >= 0.3 is 0 Å². The van der Waals surface area contributed by atoms with Crippen LogP contribution in [0.3, 0.4) is 0 Å². The van der Waals surface area contributed by atoms with Crippen molar-refractivity contribution < 1.29 is 18.4 Å². The minimum absolute atomic E-state index is 0.0314. The van der Waals surface area contributed by atoms with Crippen LogP contribution in [0.5, 0.6) is 0 Å². The first-order chi connectivity index (χ1) is 14.3. The van der Waals surface area contributed by atoms with Crippen molar-refractivity contribution in [2.75, 3.05) is 10.6 Å². The van der Waals surface area contributed by atoms with Gasteiger partial charge in [0.15, 0.2) is 5.69 Å². The fourth-order valence-corrected chi connectivity index (χ4v) is 3.00. The third kappa shape index (κ3) is 4.71. The lowest BCUT2D eigenvalue weighted by Gasteiger charge is -2.16. The third-order valence-electron chi connectivity index (χ3n) is 4.60. The molecule has 1 atom stereocenters. The molecule has 6 nitrogen and oxygen atoms in total. The van der Waals surface area contributed by atoms with E-state index in [4.69, 9.17) is 0 Å². The topological polar surface area (TPSA) is 76.0 Å². The summed E-state index contributed by atoms with van der Waals surface area (Å²) in [5.41, 5.74) is 1.76. The molecule has 0 aliphatic carbocycles. The number of benzene rings is 2. The Labute approximate surface area is 172 Å². The van der Waals surface area contributed by atoms with Crippen LogP contribution in [0.15, 0.2) is 48.7 Å². The molecule has 0 radical (unpaired) electrons. The van der Waals surface area contributed by atoms with Crippen LogP contribution >= 0.6 is 0 Å². The highest BCUT2D eigenvalue weighted by atomic mass is 19.1. The molecule has 8 heteroatoms. The molecule has 156 valence electrons. The predicted octanol–water partition coefficient (Wildman–Crippen LogP) is 4.62. The quantitative estimate of drug-likeness (QED) is 0.620. The summed E-state index contributed by atoms with van der Waals surface area (Å²) in [5, 5.41) is 9.21. The molecule has 3 aromatic rings. The number of nitrogens with zero attached hydrogens (tertiary/aromatic N) is 2. The number of hydrogen-bond donors (Lipinski definition) is 2. The zero-order valence-electron chi connectivity index (χ0n) is 16.9. The van der Waals surface area contributed by atoms with Crippen molar-refractivity contribution in [2.24, 2.45) is 0 Å². The number of rotatable bonds is 6. The lowest BCUT2D eigenvalue weighted by molar-refractivity contribution is -0.119. The van der Waals surface area contributed by atoms with Crippen molar-refractivity contribution >= 4 is 23.2 Å². The fourth-order valence-electron chi connectivity index (χ4n) is 3.00. The summed E-state index contributed by atoms with van der Waals surface area (Å²) < 4.78 is 29.2. The Balaban J connectivity index is 1.75. The average molecular weight is 412 g/mol. The van der Waals surface area contributed by atoms with Crippen LogP contribution in [0.2, 0.25) is 0 Å². The van der Waals surface area contributed by atoms with E-state index in [1.54, 1.807) is 32.9 Å². The van der Waals surface area contributed by atoms with Gasteiger partial charge in [-0.1, -0.05) is 19.1 Å². The van der Waals surface area contributed by atoms with E-state index in [0.717, 1.165) is 11.1 Å². The van der Waals surface area contributed by atoms with Crippen molar-refractivity contribution in [3.63, 3.8) is 0 Å². The number of carbonyl (C=O) groups excluding carboxylic acids is 2. The van der Waals surface area contributed by atoms with Crippen molar-refractivity contribution in [1.29, 1.82) is 0 Å². The summed E-state index contributed by atoms with van der Waals surface area (Å²) in [5.74, 6) is -2.15. The Morgan fingerprint density at radius 2 is 1.53 bits per heavy atom. The van der Waals surface area contributed by atoms with Gasteiger partial charge in [-0.05, 0) is 61.7 Å². The first-order valence-corrected chi connectivity index (χ1v) is 9.48. The highest BCUT2D eigenvalue weighted by molar-refractivity contribution is 6.03. The number of aryl methyl sites for hydroxylation is 2.